The molecule has 2 rings (SSSR count). The second-order valence-corrected chi connectivity index (χ2v) is 7.85. The zero-order valence-corrected chi connectivity index (χ0v) is 17.5. The smallest absolute Gasteiger partial charge is 0.193 e. The van der Waals surface area contributed by atoms with Crippen molar-refractivity contribution in [3.05, 3.63) is 16.1 Å². The van der Waals surface area contributed by atoms with Gasteiger partial charge in [-0.3, -0.25) is 4.99 Å². The first kappa shape index (κ1) is 19.7. The molecular formula is C16H29IN4S. The molecule has 1 aromatic rings. The van der Waals surface area contributed by atoms with Crippen LogP contribution in [-0.2, 0) is 12.0 Å². The number of aliphatic imine (C=N–C) groups is 1. The Bertz CT molecular complexity index is 493. The van der Waals surface area contributed by atoms with Crippen molar-refractivity contribution in [3.63, 3.8) is 0 Å². The minimum Gasteiger partial charge on any atom is -0.351 e. The molecule has 0 bridgehead atoms. The van der Waals surface area contributed by atoms with Gasteiger partial charge in [-0.1, -0.05) is 27.7 Å². The third-order valence-electron chi connectivity index (χ3n) is 3.79. The van der Waals surface area contributed by atoms with E-state index in [4.69, 9.17) is 4.98 Å². The zero-order valence-electron chi connectivity index (χ0n) is 14.3. The number of likely N-dealkylation sites (tertiary alicyclic amines) is 1. The third-order valence-corrected chi connectivity index (χ3v) is 5.11. The molecule has 0 amide bonds. The first-order chi connectivity index (χ1) is 9.90. The first-order valence-corrected chi connectivity index (χ1v) is 8.68. The Balaban J connectivity index is 0.00000242. The summed E-state index contributed by atoms with van der Waals surface area (Å²) in [5.74, 6) is 1.76. The number of nitrogens with one attached hydrogen (secondary N) is 1. The van der Waals surface area contributed by atoms with E-state index in [1.165, 1.54) is 17.8 Å². The average molecular weight is 436 g/mol. The number of rotatable bonds is 2. The summed E-state index contributed by atoms with van der Waals surface area (Å²) < 4.78 is 0. The van der Waals surface area contributed by atoms with Crippen molar-refractivity contribution in [2.75, 3.05) is 20.1 Å². The van der Waals surface area contributed by atoms with E-state index < -0.39 is 0 Å². The van der Waals surface area contributed by atoms with Crippen LogP contribution in [0.5, 0.6) is 0 Å². The van der Waals surface area contributed by atoms with Crippen LogP contribution in [0.25, 0.3) is 0 Å². The lowest BCUT2D eigenvalue weighted by atomic mass is 9.98. The van der Waals surface area contributed by atoms with Crippen LogP contribution in [0, 0.1) is 5.92 Å². The summed E-state index contributed by atoms with van der Waals surface area (Å²) in [4.78, 5) is 11.5. The van der Waals surface area contributed by atoms with Crippen molar-refractivity contribution >= 4 is 41.3 Å². The number of hydrogen-bond donors (Lipinski definition) is 1. The molecule has 1 fully saturated rings. The lowest BCUT2D eigenvalue weighted by Crippen LogP contribution is -2.45. The van der Waals surface area contributed by atoms with E-state index in [2.05, 4.69) is 48.3 Å². The molecule has 22 heavy (non-hydrogen) atoms. The summed E-state index contributed by atoms with van der Waals surface area (Å²) in [6.07, 6.45) is 2.58. The normalized spacial score (nSPS) is 19.8. The van der Waals surface area contributed by atoms with Gasteiger partial charge in [-0.2, -0.15) is 0 Å². The fourth-order valence-electron chi connectivity index (χ4n) is 2.62. The van der Waals surface area contributed by atoms with E-state index in [0.717, 1.165) is 37.2 Å². The van der Waals surface area contributed by atoms with Gasteiger partial charge in [0.05, 0.1) is 17.2 Å². The van der Waals surface area contributed by atoms with Gasteiger partial charge in [-0.15, -0.1) is 35.3 Å². The number of hydrogen-bond acceptors (Lipinski definition) is 3. The lowest BCUT2D eigenvalue weighted by molar-refractivity contribution is 0.266. The number of guanidine groups is 1. The average Bonchev–Trinajstić information content (AvgIpc) is 2.88. The van der Waals surface area contributed by atoms with Gasteiger partial charge in [-0.25, -0.2) is 4.98 Å². The Morgan fingerprint density at radius 3 is 2.77 bits per heavy atom. The molecule has 1 aliphatic rings. The van der Waals surface area contributed by atoms with Crippen LogP contribution < -0.4 is 5.32 Å². The summed E-state index contributed by atoms with van der Waals surface area (Å²) in [5.41, 5.74) is 1.24. The second kappa shape index (κ2) is 8.47. The molecule has 1 atom stereocenters. The molecule has 1 aromatic heterocycles. The number of nitrogens with zero attached hydrogens (tertiary/aromatic N) is 3. The van der Waals surface area contributed by atoms with E-state index in [1.54, 1.807) is 11.3 Å². The molecule has 2 heterocycles. The number of piperidine rings is 1. The van der Waals surface area contributed by atoms with Gasteiger partial charge in [0.15, 0.2) is 5.96 Å². The first-order valence-electron chi connectivity index (χ1n) is 7.80. The maximum absolute atomic E-state index is 4.73. The van der Waals surface area contributed by atoms with Crippen molar-refractivity contribution in [3.8, 4) is 0 Å². The molecular weight excluding hydrogens is 407 g/mol. The van der Waals surface area contributed by atoms with Gasteiger partial charge < -0.3 is 10.2 Å². The SMILES string of the molecule is CN=C(NCc1csc(C(C)(C)C)n1)N1CCCC(C)C1.I. The van der Waals surface area contributed by atoms with Gasteiger partial charge in [0.25, 0.3) is 0 Å². The summed E-state index contributed by atoms with van der Waals surface area (Å²) in [6.45, 7) is 11.9. The number of halogens is 1. The molecule has 0 aliphatic carbocycles. The molecule has 1 unspecified atom stereocenters. The van der Waals surface area contributed by atoms with Gasteiger partial charge in [0.2, 0.25) is 0 Å². The molecule has 0 aromatic carbocycles. The van der Waals surface area contributed by atoms with E-state index in [0.29, 0.717) is 0 Å². The molecule has 126 valence electrons. The predicted molar refractivity (Wildman–Crippen MR) is 106 cm³/mol. The predicted octanol–water partition coefficient (Wildman–Crippen LogP) is 3.87. The minimum atomic E-state index is 0. The Kier molecular flexibility index (Phi) is 7.58. The maximum atomic E-state index is 4.73. The van der Waals surface area contributed by atoms with E-state index in [9.17, 15) is 0 Å². The quantitative estimate of drug-likeness (QED) is 0.435. The van der Waals surface area contributed by atoms with Crippen molar-refractivity contribution in [2.45, 2.75) is 52.5 Å². The molecule has 0 radical (unpaired) electrons. The van der Waals surface area contributed by atoms with Crippen LogP contribution in [0.15, 0.2) is 10.4 Å². The van der Waals surface area contributed by atoms with E-state index >= 15 is 0 Å². The topological polar surface area (TPSA) is 40.5 Å². The van der Waals surface area contributed by atoms with Gasteiger partial charge >= 0.3 is 0 Å². The van der Waals surface area contributed by atoms with Gasteiger partial charge in [0, 0.05) is 30.9 Å². The van der Waals surface area contributed by atoms with E-state index in [-0.39, 0.29) is 29.4 Å². The second-order valence-electron chi connectivity index (χ2n) is 6.99. The van der Waals surface area contributed by atoms with Crippen LogP contribution >= 0.6 is 35.3 Å². The monoisotopic (exact) mass is 436 g/mol. The molecule has 4 nitrogen and oxygen atoms in total. The Hall–Kier alpha value is -0.370. The Morgan fingerprint density at radius 2 is 2.23 bits per heavy atom. The Morgan fingerprint density at radius 1 is 1.50 bits per heavy atom. The fraction of sp³-hybridized carbons (Fsp3) is 0.750. The fourth-order valence-corrected chi connectivity index (χ4v) is 3.52. The molecule has 0 spiro atoms. The van der Waals surface area contributed by atoms with Crippen molar-refractivity contribution in [1.29, 1.82) is 0 Å². The summed E-state index contributed by atoms with van der Waals surface area (Å²) >= 11 is 1.75. The third kappa shape index (κ3) is 5.37. The van der Waals surface area contributed by atoms with Crippen LogP contribution in [0.3, 0.4) is 0 Å². The molecule has 6 heteroatoms. The lowest BCUT2D eigenvalue weighted by Gasteiger charge is -2.33. The number of aromatic nitrogens is 1. The van der Waals surface area contributed by atoms with Crippen LogP contribution in [-0.4, -0.2) is 36.0 Å². The van der Waals surface area contributed by atoms with Crippen LogP contribution in [0.1, 0.15) is 51.2 Å². The van der Waals surface area contributed by atoms with Crippen LogP contribution in [0.2, 0.25) is 0 Å². The highest BCUT2D eigenvalue weighted by Gasteiger charge is 2.20. The highest BCUT2D eigenvalue weighted by Crippen LogP contribution is 2.25. The molecule has 1 aliphatic heterocycles. The largest absolute Gasteiger partial charge is 0.351 e. The summed E-state index contributed by atoms with van der Waals surface area (Å²) in [5, 5.41) is 6.81. The Labute approximate surface area is 155 Å². The van der Waals surface area contributed by atoms with E-state index in [1.807, 2.05) is 7.05 Å². The van der Waals surface area contributed by atoms with Gasteiger partial charge in [-0.05, 0) is 18.8 Å². The van der Waals surface area contributed by atoms with Crippen LogP contribution in [0.4, 0.5) is 0 Å². The van der Waals surface area contributed by atoms with Crippen molar-refractivity contribution in [2.24, 2.45) is 10.9 Å². The molecule has 1 saturated heterocycles. The summed E-state index contributed by atoms with van der Waals surface area (Å²) in [6, 6.07) is 0. The number of thiazole rings is 1. The highest BCUT2D eigenvalue weighted by molar-refractivity contribution is 14.0. The van der Waals surface area contributed by atoms with Gasteiger partial charge in [0.1, 0.15) is 0 Å². The molecule has 0 saturated carbocycles. The summed E-state index contributed by atoms with van der Waals surface area (Å²) in [7, 11) is 1.86. The van der Waals surface area contributed by atoms with Crippen molar-refractivity contribution < 1.29 is 0 Å². The maximum Gasteiger partial charge on any atom is 0.193 e. The minimum absolute atomic E-state index is 0. The zero-order chi connectivity index (χ0) is 15.5. The molecule has 1 N–H and O–H groups in total. The van der Waals surface area contributed by atoms with Crippen molar-refractivity contribution in [1.82, 2.24) is 15.2 Å². The standard InChI is InChI=1S/C16H28N4S.HI/c1-12-7-6-8-20(10-12)15(17-5)18-9-13-11-21-14(19-13)16(2,3)4;/h11-12H,6-10H2,1-5H3,(H,17,18);1H. The highest BCUT2D eigenvalue weighted by atomic mass is 127.